The lowest BCUT2D eigenvalue weighted by molar-refractivity contribution is -0.155. The number of aliphatic hydroxyl groups is 2. The van der Waals surface area contributed by atoms with Gasteiger partial charge in [0.05, 0.1) is 18.2 Å². The molecule has 0 saturated heterocycles. The van der Waals surface area contributed by atoms with Crippen molar-refractivity contribution in [1.29, 1.82) is 0 Å². The normalized spacial score (nSPS) is 13.1. The van der Waals surface area contributed by atoms with Crippen molar-refractivity contribution < 1.29 is 34.8 Å². The van der Waals surface area contributed by atoms with Crippen LogP contribution in [-0.4, -0.2) is 57.0 Å². The first-order valence-electron chi connectivity index (χ1n) is 15.0. The molecule has 0 bridgehead atoms. The SMILES string of the molecule is O=C(NCCCOc1cccc(C(O)(C(=O)O)c2ccccc2)c1)c1ccc(CNCC(O)c2ccc(O)c3[nH]c(=O)ccc23)cc1. The summed E-state index contributed by atoms with van der Waals surface area (Å²) in [7, 11) is 0. The van der Waals surface area contributed by atoms with Gasteiger partial charge in [-0.3, -0.25) is 9.59 Å². The number of carboxylic acid groups (broad SMARTS) is 1. The van der Waals surface area contributed by atoms with Gasteiger partial charge >= 0.3 is 5.97 Å². The van der Waals surface area contributed by atoms with Crippen LogP contribution < -0.4 is 20.9 Å². The number of hydrogen-bond donors (Lipinski definition) is 7. The Kier molecular flexibility index (Phi) is 10.3. The van der Waals surface area contributed by atoms with Crippen LogP contribution in [0.1, 0.15) is 45.1 Å². The van der Waals surface area contributed by atoms with Gasteiger partial charge in [-0.25, -0.2) is 4.79 Å². The summed E-state index contributed by atoms with van der Waals surface area (Å²) in [6.07, 6.45) is -0.390. The number of carbonyl (C=O) groups is 2. The maximum Gasteiger partial charge on any atom is 0.345 e. The number of hydrogen-bond acceptors (Lipinski definition) is 8. The van der Waals surface area contributed by atoms with Crippen LogP contribution in [0.2, 0.25) is 0 Å². The van der Waals surface area contributed by atoms with Crippen LogP contribution in [-0.2, 0) is 16.9 Å². The number of phenolic OH excluding ortho intramolecular Hbond substituents is 1. The zero-order valence-corrected chi connectivity index (χ0v) is 25.3. The first-order chi connectivity index (χ1) is 22.7. The summed E-state index contributed by atoms with van der Waals surface area (Å²) in [5.74, 6) is -1.31. The molecule has 11 heteroatoms. The van der Waals surface area contributed by atoms with Crippen LogP contribution in [0.25, 0.3) is 10.9 Å². The molecule has 47 heavy (non-hydrogen) atoms. The number of phenols is 1. The molecule has 0 spiro atoms. The highest BCUT2D eigenvalue weighted by Crippen LogP contribution is 2.32. The van der Waals surface area contributed by atoms with E-state index in [0.29, 0.717) is 41.8 Å². The van der Waals surface area contributed by atoms with Gasteiger partial charge in [0.1, 0.15) is 11.5 Å². The molecule has 5 aromatic rings. The molecule has 0 aliphatic carbocycles. The van der Waals surface area contributed by atoms with E-state index >= 15 is 0 Å². The average molecular weight is 638 g/mol. The number of carboxylic acids is 1. The fourth-order valence-corrected chi connectivity index (χ4v) is 5.26. The zero-order chi connectivity index (χ0) is 33.4. The molecule has 11 nitrogen and oxygen atoms in total. The third-order valence-electron chi connectivity index (χ3n) is 7.78. The van der Waals surface area contributed by atoms with E-state index in [2.05, 4.69) is 15.6 Å². The molecule has 7 N–H and O–H groups in total. The summed E-state index contributed by atoms with van der Waals surface area (Å²) >= 11 is 0. The number of H-pyrrole nitrogens is 1. The number of aromatic hydroxyl groups is 1. The highest BCUT2D eigenvalue weighted by molar-refractivity contribution is 5.94. The second-order valence-corrected chi connectivity index (χ2v) is 11.0. The van der Waals surface area contributed by atoms with Crippen molar-refractivity contribution in [1.82, 2.24) is 15.6 Å². The standard InChI is InChI=1S/C36H35N3O8/c40-30-16-14-28(29-15-17-32(42)39-33(29)30)31(41)22-37-21-23-10-12-24(13-11-23)34(43)38-18-5-19-47-27-9-4-8-26(20-27)36(46,35(44)45)25-6-2-1-3-7-25/h1-4,6-17,20,31,37,40-41,46H,5,18-19,21-22H2,(H,38,43)(H,39,42)(H,44,45). The first-order valence-corrected chi connectivity index (χ1v) is 15.0. The van der Waals surface area contributed by atoms with Crippen molar-refractivity contribution in [3.05, 3.63) is 141 Å². The van der Waals surface area contributed by atoms with Gasteiger partial charge in [0.25, 0.3) is 5.91 Å². The second-order valence-electron chi connectivity index (χ2n) is 11.0. The monoisotopic (exact) mass is 637 g/mol. The fraction of sp³-hybridized carbons (Fsp3) is 0.194. The predicted octanol–water partition coefficient (Wildman–Crippen LogP) is 3.58. The summed E-state index contributed by atoms with van der Waals surface area (Å²) in [4.78, 5) is 38.9. The molecule has 5 rings (SSSR count). The average Bonchev–Trinajstić information content (AvgIpc) is 3.08. The maximum absolute atomic E-state index is 12.6. The summed E-state index contributed by atoms with van der Waals surface area (Å²) < 4.78 is 5.77. The third-order valence-corrected chi connectivity index (χ3v) is 7.78. The van der Waals surface area contributed by atoms with Gasteiger partial charge in [-0.2, -0.15) is 0 Å². The van der Waals surface area contributed by atoms with Gasteiger partial charge in [0.15, 0.2) is 0 Å². The zero-order valence-electron chi connectivity index (χ0n) is 25.3. The van der Waals surface area contributed by atoms with E-state index in [1.54, 1.807) is 66.7 Å². The molecule has 0 aliphatic rings. The number of benzene rings is 4. The van der Waals surface area contributed by atoms with E-state index in [1.165, 1.54) is 24.3 Å². The van der Waals surface area contributed by atoms with E-state index in [1.807, 2.05) is 12.1 Å². The van der Waals surface area contributed by atoms with Crippen LogP contribution in [0, 0.1) is 0 Å². The number of fused-ring (bicyclic) bond motifs is 1. The quantitative estimate of drug-likeness (QED) is 0.0896. The number of aromatic nitrogens is 1. The molecule has 1 amide bonds. The summed E-state index contributed by atoms with van der Waals surface area (Å²) in [5.41, 5.74) is 0.0651. The van der Waals surface area contributed by atoms with Gasteiger partial charge in [-0.15, -0.1) is 0 Å². The van der Waals surface area contributed by atoms with Crippen LogP contribution >= 0.6 is 0 Å². The Labute approximate surface area is 270 Å². The number of ether oxygens (including phenoxy) is 1. The molecule has 0 aliphatic heterocycles. The van der Waals surface area contributed by atoms with E-state index in [4.69, 9.17) is 4.74 Å². The molecule has 2 unspecified atom stereocenters. The maximum atomic E-state index is 12.6. The van der Waals surface area contributed by atoms with Gasteiger partial charge < -0.3 is 40.8 Å². The van der Waals surface area contributed by atoms with Crippen LogP contribution in [0.5, 0.6) is 11.5 Å². The minimum atomic E-state index is -2.23. The number of carbonyl (C=O) groups excluding carboxylic acids is 1. The second kappa shape index (κ2) is 14.7. The van der Waals surface area contributed by atoms with E-state index < -0.39 is 17.7 Å². The number of aromatic amines is 1. The highest BCUT2D eigenvalue weighted by atomic mass is 16.5. The summed E-state index contributed by atoms with van der Waals surface area (Å²) in [6, 6.07) is 27.5. The van der Waals surface area contributed by atoms with Crippen molar-refractivity contribution in [3.63, 3.8) is 0 Å². The Morgan fingerprint density at radius 2 is 1.64 bits per heavy atom. The van der Waals surface area contributed by atoms with Gasteiger partial charge in [0, 0.05) is 42.2 Å². The molecule has 0 saturated carbocycles. The lowest BCUT2D eigenvalue weighted by Gasteiger charge is -2.25. The van der Waals surface area contributed by atoms with Crippen molar-refractivity contribution in [3.8, 4) is 11.5 Å². The molecule has 242 valence electrons. The van der Waals surface area contributed by atoms with E-state index in [9.17, 15) is 34.8 Å². The first kappa shape index (κ1) is 32.9. The van der Waals surface area contributed by atoms with Crippen LogP contribution in [0.15, 0.2) is 108 Å². The lowest BCUT2D eigenvalue weighted by atomic mass is 9.86. The number of amides is 1. The number of nitrogens with one attached hydrogen (secondary N) is 3. The summed E-state index contributed by atoms with van der Waals surface area (Å²) in [6.45, 7) is 1.28. The van der Waals surface area contributed by atoms with E-state index in [0.717, 1.165) is 5.56 Å². The Balaban J connectivity index is 1.06. The molecule has 1 aromatic heterocycles. The van der Waals surface area contributed by atoms with Gasteiger partial charge in [0.2, 0.25) is 11.2 Å². The minimum Gasteiger partial charge on any atom is -0.506 e. The Morgan fingerprint density at radius 1 is 0.894 bits per heavy atom. The largest absolute Gasteiger partial charge is 0.506 e. The Hall–Kier alpha value is -5.49. The molecular formula is C36H35N3O8. The molecule has 2 atom stereocenters. The number of pyridine rings is 1. The lowest BCUT2D eigenvalue weighted by Crippen LogP contribution is -2.36. The smallest absolute Gasteiger partial charge is 0.345 e. The number of aliphatic hydroxyl groups excluding tert-OH is 1. The Morgan fingerprint density at radius 3 is 2.38 bits per heavy atom. The number of aliphatic carboxylic acids is 1. The van der Waals surface area contributed by atoms with Crippen LogP contribution in [0.3, 0.4) is 0 Å². The third kappa shape index (κ3) is 7.67. The van der Waals surface area contributed by atoms with Gasteiger partial charge in [-0.1, -0.05) is 60.7 Å². The topological polar surface area (TPSA) is 181 Å². The molecule has 0 radical (unpaired) electrons. The number of rotatable bonds is 14. The molecule has 4 aromatic carbocycles. The van der Waals surface area contributed by atoms with Gasteiger partial charge in [-0.05, 0) is 59.5 Å². The van der Waals surface area contributed by atoms with Crippen molar-refractivity contribution in [2.45, 2.75) is 24.7 Å². The summed E-state index contributed by atoms with van der Waals surface area (Å²) in [5, 5.41) is 48.3. The minimum absolute atomic E-state index is 0.0712. The highest BCUT2D eigenvalue weighted by Gasteiger charge is 2.40. The fourth-order valence-electron chi connectivity index (χ4n) is 5.26. The molecular weight excluding hydrogens is 602 g/mol. The van der Waals surface area contributed by atoms with Crippen LogP contribution in [0.4, 0.5) is 0 Å². The van der Waals surface area contributed by atoms with Crippen molar-refractivity contribution in [2.75, 3.05) is 19.7 Å². The van der Waals surface area contributed by atoms with E-state index in [-0.39, 0.29) is 47.0 Å². The Bertz CT molecular complexity index is 1910. The molecule has 1 heterocycles. The molecule has 0 fully saturated rings. The van der Waals surface area contributed by atoms with Crippen molar-refractivity contribution in [2.24, 2.45) is 0 Å². The predicted molar refractivity (Wildman–Crippen MR) is 175 cm³/mol. The van der Waals surface area contributed by atoms with Crippen molar-refractivity contribution >= 4 is 22.8 Å².